The van der Waals surface area contributed by atoms with Crippen molar-refractivity contribution in [2.75, 3.05) is 19.4 Å². The largest absolute Gasteiger partial charge is 0.409 e. The number of urea groups is 1. The summed E-state index contributed by atoms with van der Waals surface area (Å²) in [5, 5.41) is 20.0. The fourth-order valence-corrected chi connectivity index (χ4v) is 0.848. The van der Waals surface area contributed by atoms with Crippen molar-refractivity contribution >= 4 is 17.7 Å². The summed E-state index contributed by atoms with van der Waals surface area (Å²) in [7, 11) is 3.18. The van der Waals surface area contributed by atoms with Gasteiger partial charge in [0.05, 0.1) is 11.8 Å². The van der Waals surface area contributed by atoms with E-state index >= 15 is 0 Å². The number of nitrogens with zero attached hydrogens (tertiary/aromatic N) is 3. The maximum absolute atomic E-state index is 11.3. The standard InChI is InChI=1S/C7H12N6O2/c1-13(2)7(14)10-6-4(3-9-11-6)5(8)12-15/h3,15H,1-2H3,(H2,8,12)(H2,9,10,11,14). The number of amidine groups is 1. The Kier molecular flexibility index (Phi) is 3.11. The lowest BCUT2D eigenvalue weighted by molar-refractivity contribution is 0.230. The zero-order valence-electron chi connectivity index (χ0n) is 8.35. The van der Waals surface area contributed by atoms with E-state index in [1.807, 2.05) is 0 Å². The minimum Gasteiger partial charge on any atom is -0.409 e. The molecule has 0 radical (unpaired) electrons. The number of carbonyl (C=O) groups excluding carboxylic acids is 1. The van der Waals surface area contributed by atoms with Gasteiger partial charge in [-0.05, 0) is 0 Å². The Morgan fingerprint density at radius 1 is 1.73 bits per heavy atom. The molecule has 15 heavy (non-hydrogen) atoms. The fourth-order valence-electron chi connectivity index (χ4n) is 0.848. The third kappa shape index (κ3) is 2.36. The number of nitrogens with two attached hydrogens (primary N) is 1. The van der Waals surface area contributed by atoms with Crippen molar-refractivity contribution in [1.82, 2.24) is 15.1 Å². The van der Waals surface area contributed by atoms with Crippen LogP contribution >= 0.6 is 0 Å². The van der Waals surface area contributed by atoms with Crippen LogP contribution in [0, 0.1) is 0 Å². The van der Waals surface area contributed by atoms with Gasteiger partial charge in [-0.3, -0.25) is 10.4 Å². The van der Waals surface area contributed by atoms with Crippen molar-refractivity contribution in [1.29, 1.82) is 0 Å². The number of hydrogen-bond acceptors (Lipinski definition) is 4. The van der Waals surface area contributed by atoms with E-state index in [-0.39, 0.29) is 17.7 Å². The third-order valence-electron chi connectivity index (χ3n) is 1.66. The summed E-state index contributed by atoms with van der Waals surface area (Å²) >= 11 is 0. The van der Waals surface area contributed by atoms with Gasteiger partial charge in [0.25, 0.3) is 0 Å². The van der Waals surface area contributed by atoms with Crippen molar-refractivity contribution in [2.24, 2.45) is 10.9 Å². The zero-order chi connectivity index (χ0) is 11.4. The summed E-state index contributed by atoms with van der Waals surface area (Å²) < 4.78 is 0. The van der Waals surface area contributed by atoms with E-state index in [0.29, 0.717) is 5.56 Å². The van der Waals surface area contributed by atoms with E-state index in [1.54, 1.807) is 14.1 Å². The summed E-state index contributed by atoms with van der Waals surface area (Å²) in [5.74, 6) is 0.154. The van der Waals surface area contributed by atoms with E-state index in [0.717, 1.165) is 0 Å². The van der Waals surface area contributed by atoms with Gasteiger partial charge in [0.15, 0.2) is 5.84 Å². The van der Waals surface area contributed by atoms with Crippen LogP contribution in [0.25, 0.3) is 0 Å². The number of amides is 2. The molecule has 0 bridgehead atoms. The third-order valence-corrected chi connectivity index (χ3v) is 1.66. The highest BCUT2D eigenvalue weighted by atomic mass is 16.4. The van der Waals surface area contributed by atoms with Crippen molar-refractivity contribution in [3.8, 4) is 0 Å². The molecule has 0 aliphatic carbocycles. The molecule has 1 rings (SSSR count). The molecule has 0 fully saturated rings. The lowest BCUT2D eigenvalue weighted by Crippen LogP contribution is -2.28. The molecule has 0 saturated carbocycles. The number of hydrogen-bond donors (Lipinski definition) is 4. The van der Waals surface area contributed by atoms with Gasteiger partial charge in [0.2, 0.25) is 0 Å². The van der Waals surface area contributed by atoms with Crippen LogP contribution in [-0.4, -0.2) is 46.3 Å². The summed E-state index contributed by atoms with van der Waals surface area (Å²) in [6.45, 7) is 0. The number of carbonyl (C=O) groups is 1. The van der Waals surface area contributed by atoms with Gasteiger partial charge in [-0.1, -0.05) is 5.16 Å². The molecule has 1 heterocycles. The highest BCUT2D eigenvalue weighted by Gasteiger charge is 2.12. The second kappa shape index (κ2) is 4.31. The molecule has 0 aliphatic rings. The first-order valence-corrected chi connectivity index (χ1v) is 4.05. The van der Waals surface area contributed by atoms with E-state index in [2.05, 4.69) is 20.7 Å². The molecule has 0 aliphatic heterocycles. The van der Waals surface area contributed by atoms with E-state index < -0.39 is 0 Å². The first-order chi connectivity index (χ1) is 7.06. The first kappa shape index (κ1) is 10.8. The van der Waals surface area contributed by atoms with Gasteiger partial charge >= 0.3 is 6.03 Å². The average molecular weight is 212 g/mol. The lowest BCUT2D eigenvalue weighted by atomic mass is 10.3. The normalized spacial score (nSPS) is 11.2. The van der Waals surface area contributed by atoms with Gasteiger partial charge in [0, 0.05) is 14.1 Å². The molecule has 0 atom stereocenters. The molecule has 82 valence electrons. The predicted octanol–water partition coefficient (Wildman–Crippen LogP) is -0.402. The highest BCUT2D eigenvalue weighted by Crippen LogP contribution is 2.10. The molecular formula is C7H12N6O2. The first-order valence-electron chi connectivity index (χ1n) is 4.05. The Balaban J connectivity index is 2.87. The number of H-pyrrole nitrogens is 1. The van der Waals surface area contributed by atoms with Gasteiger partial charge in [-0.2, -0.15) is 5.10 Å². The zero-order valence-corrected chi connectivity index (χ0v) is 8.35. The number of aromatic amines is 1. The minimum atomic E-state index is -0.341. The van der Waals surface area contributed by atoms with Crippen LogP contribution in [0.15, 0.2) is 11.4 Å². The second-order valence-electron chi connectivity index (χ2n) is 2.97. The minimum absolute atomic E-state index is 0.127. The summed E-state index contributed by atoms with van der Waals surface area (Å²) in [6.07, 6.45) is 1.35. The van der Waals surface area contributed by atoms with Crippen LogP contribution in [-0.2, 0) is 0 Å². The van der Waals surface area contributed by atoms with E-state index in [1.165, 1.54) is 11.1 Å². The number of rotatable bonds is 2. The summed E-state index contributed by atoms with van der Waals surface area (Å²) in [6, 6.07) is -0.341. The fraction of sp³-hybridized carbons (Fsp3) is 0.286. The molecule has 8 heteroatoms. The van der Waals surface area contributed by atoms with Crippen LogP contribution in [0.2, 0.25) is 0 Å². The van der Waals surface area contributed by atoms with E-state index in [4.69, 9.17) is 10.9 Å². The molecule has 5 N–H and O–H groups in total. The monoisotopic (exact) mass is 212 g/mol. The molecular weight excluding hydrogens is 200 g/mol. The molecule has 0 spiro atoms. The van der Waals surface area contributed by atoms with Crippen molar-refractivity contribution in [2.45, 2.75) is 0 Å². The van der Waals surface area contributed by atoms with Gasteiger partial charge in [-0.15, -0.1) is 0 Å². The second-order valence-corrected chi connectivity index (χ2v) is 2.97. The van der Waals surface area contributed by atoms with Crippen LogP contribution in [0.5, 0.6) is 0 Å². The maximum Gasteiger partial charge on any atom is 0.322 e. The Hall–Kier alpha value is -2.25. The van der Waals surface area contributed by atoms with Gasteiger partial charge in [0.1, 0.15) is 5.82 Å². The van der Waals surface area contributed by atoms with E-state index in [9.17, 15) is 4.79 Å². The van der Waals surface area contributed by atoms with Crippen LogP contribution < -0.4 is 11.1 Å². The predicted molar refractivity (Wildman–Crippen MR) is 53.8 cm³/mol. The van der Waals surface area contributed by atoms with Crippen molar-refractivity contribution in [3.63, 3.8) is 0 Å². The molecule has 1 aromatic rings. The smallest absolute Gasteiger partial charge is 0.322 e. The number of anilines is 1. The summed E-state index contributed by atoms with van der Waals surface area (Å²) in [5.41, 5.74) is 5.69. The van der Waals surface area contributed by atoms with Gasteiger partial charge in [-0.25, -0.2) is 4.79 Å². The van der Waals surface area contributed by atoms with Crippen molar-refractivity contribution < 1.29 is 10.0 Å². The number of oxime groups is 1. The van der Waals surface area contributed by atoms with Crippen LogP contribution in [0.1, 0.15) is 5.56 Å². The molecule has 1 aromatic heterocycles. The Bertz CT molecular complexity index is 383. The Labute approximate surface area is 85.7 Å². The lowest BCUT2D eigenvalue weighted by Gasteiger charge is -2.11. The van der Waals surface area contributed by atoms with Crippen LogP contribution in [0.4, 0.5) is 10.6 Å². The highest BCUT2D eigenvalue weighted by molar-refractivity contribution is 6.03. The summed E-state index contributed by atoms with van der Waals surface area (Å²) in [4.78, 5) is 12.6. The van der Waals surface area contributed by atoms with Gasteiger partial charge < -0.3 is 15.8 Å². The van der Waals surface area contributed by atoms with Crippen LogP contribution in [0.3, 0.4) is 0 Å². The molecule has 8 nitrogen and oxygen atoms in total. The average Bonchev–Trinajstić information content (AvgIpc) is 2.64. The maximum atomic E-state index is 11.3. The van der Waals surface area contributed by atoms with Crippen molar-refractivity contribution in [3.05, 3.63) is 11.8 Å². The number of aromatic nitrogens is 2. The number of nitrogens with one attached hydrogen (secondary N) is 2. The quantitative estimate of drug-likeness (QED) is 0.231. The molecule has 0 unspecified atom stereocenters. The Morgan fingerprint density at radius 2 is 2.40 bits per heavy atom. The topological polar surface area (TPSA) is 120 Å². The molecule has 2 amide bonds. The molecule has 0 aromatic carbocycles. The Morgan fingerprint density at radius 3 is 2.93 bits per heavy atom. The molecule has 0 saturated heterocycles. The SMILES string of the molecule is CN(C)C(=O)Nc1[nH]ncc1C(N)=NO.